The standard InChI is InChI=1S/C6H4O4S/c1-3-5-6(4-2)10-11(7,8)9-5/h1-2,5-6H. The SMILES string of the molecule is C#CC1OS(=O)(=O)OC1C#C. The third-order valence-corrected chi connectivity index (χ3v) is 1.93. The van der Waals surface area contributed by atoms with Gasteiger partial charge in [-0.1, -0.05) is 11.8 Å². The van der Waals surface area contributed by atoms with Crippen LogP contribution in [0.1, 0.15) is 0 Å². The zero-order valence-corrected chi connectivity index (χ0v) is 6.17. The average molecular weight is 172 g/mol. The first kappa shape index (κ1) is 8.09. The molecule has 0 spiro atoms. The van der Waals surface area contributed by atoms with E-state index in [1.54, 1.807) is 0 Å². The molecule has 4 nitrogen and oxygen atoms in total. The summed E-state index contributed by atoms with van der Waals surface area (Å²) in [6, 6.07) is 0. The van der Waals surface area contributed by atoms with Crippen LogP contribution in [0.4, 0.5) is 0 Å². The molecule has 2 unspecified atom stereocenters. The summed E-state index contributed by atoms with van der Waals surface area (Å²) in [7, 11) is -3.95. The molecular weight excluding hydrogens is 168 g/mol. The third-order valence-electron chi connectivity index (χ3n) is 1.05. The van der Waals surface area contributed by atoms with Crippen LogP contribution in [0.2, 0.25) is 0 Å². The lowest BCUT2D eigenvalue weighted by molar-refractivity contribution is 0.251. The highest BCUT2D eigenvalue weighted by Crippen LogP contribution is 2.18. The topological polar surface area (TPSA) is 52.6 Å². The smallest absolute Gasteiger partial charge is 0.228 e. The highest BCUT2D eigenvalue weighted by molar-refractivity contribution is 7.82. The molecule has 1 aliphatic rings. The van der Waals surface area contributed by atoms with Crippen LogP contribution in [-0.4, -0.2) is 20.6 Å². The summed E-state index contributed by atoms with van der Waals surface area (Å²) < 4.78 is 29.6. The van der Waals surface area contributed by atoms with Crippen molar-refractivity contribution >= 4 is 10.4 Å². The molecule has 5 heteroatoms. The predicted molar refractivity (Wildman–Crippen MR) is 36.3 cm³/mol. The van der Waals surface area contributed by atoms with E-state index in [4.69, 9.17) is 12.8 Å². The minimum Gasteiger partial charge on any atom is -0.228 e. The van der Waals surface area contributed by atoms with Crippen molar-refractivity contribution in [1.82, 2.24) is 0 Å². The van der Waals surface area contributed by atoms with E-state index in [0.717, 1.165) is 0 Å². The summed E-state index contributed by atoms with van der Waals surface area (Å²) in [4.78, 5) is 0. The van der Waals surface area contributed by atoms with E-state index in [9.17, 15) is 8.42 Å². The lowest BCUT2D eigenvalue weighted by atomic mass is 10.2. The van der Waals surface area contributed by atoms with Crippen LogP contribution in [0.15, 0.2) is 0 Å². The molecule has 0 aliphatic carbocycles. The van der Waals surface area contributed by atoms with Gasteiger partial charge in [0.25, 0.3) is 0 Å². The molecule has 11 heavy (non-hydrogen) atoms. The first-order valence-electron chi connectivity index (χ1n) is 2.63. The largest absolute Gasteiger partial charge is 0.402 e. The molecule has 1 fully saturated rings. The lowest BCUT2D eigenvalue weighted by Gasteiger charge is -1.97. The van der Waals surface area contributed by atoms with Gasteiger partial charge in [-0.25, -0.2) is 8.37 Å². The van der Waals surface area contributed by atoms with Crippen molar-refractivity contribution in [3.63, 3.8) is 0 Å². The summed E-state index contributed by atoms with van der Waals surface area (Å²) in [5.74, 6) is 4.10. The molecule has 0 saturated carbocycles. The van der Waals surface area contributed by atoms with Crippen molar-refractivity contribution in [2.24, 2.45) is 0 Å². The molecule has 0 N–H and O–H groups in total. The van der Waals surface area contributed by atoms with Gasteiger partial charge in [-0.2, -0.15) is 8.42 Å². The highest BCUT2D eigenvalue weighted by atomic mass is 32.3. The van der Waals surface area contributed by atoms with Crippen molar-refractivity contribution in [3.05, 3.63) is 0 Å². The van der Waals surface area contributed by atoms with Crippen molar-refractivity contribution in [3.8, 4) is 24.7 Å². The zero-order chi connectivity index (χ0) is 8.48. The van der Waals surface area contributed by atoms with Crippen molar-refractivity contribution in [2.75, 3.05) is 0 Å². The van der Waals surface area contributed by atoms with Gasteiger partial charge in [-0.3, -0.25) is 0 Å². The van der Waals surface area contributed by atoms with Crippen LogP contribution in [0.3, 0.4) is 0 Å². The molecule has 1 heterocycles. The van der Waals surface area contributed by atoms with Gasteiger partial charge in [0.05, 0.1) is 0 Å². The monoisotopic (exact) mass is 172 g/mol. The van der Waals surface area contributed by atoms with Gasteiger partial charge in [0.15, 0.2) is 12.2 Å². The highest BCUT2D eigenvalue weighted by Gasteiger charge is 2.37. The maximum absolute atomic E-state index is 10.5. The molecule has 1 saturated heterocycles. The quantitative estimate of drug-likeness (QED) is 0.452. The number of hydrogen-bond donors (Lipinski definition) is 0. The zero-order valence-electron chi connectivity index (χ0n) is 5.35. The van der Waals surface area contributed by atoms with E-state index < -0.39 is 22.6 Å². The maximum Gasteiger partial charge on any atom is 0.402 e. The molecule has 0 amide bonds. The van der Waals surface area contributed by atoms with E-state index in [-0.39, 0.29) is 0 Å². The van der Waals surface area contributed by atoms with Gasteiger partial charge in [0.1, 0.15) is 0 Å². The van der Waals surface area contributed by atoms with Crippen molar-refractivity contribution < 1.29 is 16.8 Å². The van der Waals surface area contributed by atoms with Gasteiger partial charge in [-0.05, 0) is 0 Å². The van der Waals surface area contributed by atoms with E-state index in [0.29, 0.717) is 0 Å². The molecule has 0 aromatic rings. The molecule has 0 aromatic heterocycles. The van der Waals surface area contributed by atoms with E-state index in [1.165, 1.54) is 0 Å². The second-order valence-electron chi connectivity index (χ2n) is 1.78. The molecule has 58 valence electrons. The Morgan fingerprint density at radius 1 is 1.09 bits per heavy atom. The Labute approximate surface area is 64.8 Å². The molecule has 0 radical (unpaired) electrons. The first-order chi connectivity index (χ1) is 5.09. The fraction of sp³-hybridized carbons (Fsp3) is 0.333. The summed E-state index contributed by atoms with van der Waals surface area (Å²) in [6.45, 7) is 0. The lowest BCUT2D eigenvalue weighted by Crippen LogP contribution is -2.17. The van der Waals surface area contributed by atoms with Crippen LogP contribution < -0.4 is 0 Å². The van der Waals surface area contributed by atoms with Gasteiger partial charge in [-0.15, -0.1) is 12.8 Å². The Hall–Kier alpha value is -1.01. The fourth-order valence-electron chi connectivity index (χ4n) is 0.608. The van der Waals surface area contributed by atoms with Crippen LogP contribution in [0, 0.1) is 24.7 Å². The second kappa shape index (κ2) is 2.55. The minimum absolute atomic E-state index is 0.995. The Bertz CT molecular complexity index is 301. The number of hydrogen-bond acceptors (Lipinski definition) is 4. The normalized spacial score (nSPS) is 34.0. The van der Waals surface area contributed by atoms with E-state index in [1.807, 2.05) is 0 Å². The molecular formula is C6H4O4S. The van der Waals surface area contributed by atoms with E-state index >= 15 is 0 Å². The Morgan fingerprint density at radius 2 is 1.45 bits per heavy atom. The van der Waals surface area contributed by atoms with Gasteiger partial charge in [0.2, 0.25) is 0 Å². The van der Waals surface area contributed by atoms with Crippen molar-refractivity contribution in [1.29, 1.82) is 0 Å². The predicted octanol–water partition coefficient (Wildman–Crippen LogP) is -0.718. The molecule has 0 aromatic carbocycles. The molecule has 1 aliphatic heterocycles. The maximum atomic E-state index is 10.5. The summed E-state index contributed by atoms with van der Waals surface area (Å²) >= 11 is 0. The van der Waals surface area contributed by atoms with Crippen LogP contribution in [-0.2, 0) is 18.8 Å². The Balaban J connectivity index is 2.91. The minimum atomic E-state index is -3.95. The number of terminal acetylenes is 2. The fourth-order valence-corrected chi connectivity index (χ4v) is 1.47. The molecule has 2 atom stereocenters. The van der Waals surface area contributed by atoms with Gasteiger partial charge in [0, 0.05) is 0 Å². The summed E-state index contributed by atoms with van der Waals surface area (Å²) in [6.07, 6.45) is 7.82. The van der Waals surface area contributed by atoms with Crippen molar-refractivity contribution in [2.45, 2.75) is 12.2 Å². The van der Waals surface area contributed by atoms with Gasteiger partial charge < -0.3 is 0 Å². The second-order valence-corrected chi connectivity index (χ2v) is 2.98. The average Bonchev–Trinajstić information content (AvgIpc) is 2.25. The van der Waals surface area contributed by atoms with Crippen LogP contribution in [0.25, 0.3) is 0 Å². The third kappa shape index (κ3) is 1.52. The molecule has 1 rings (SSSR count). The van der Waals surface area contributed by atoms with Crippen LogP contribution >= 0.6 is 0 Å². The first-order valence-corrected chi connectivity index (χ1v) is 3.96. The van der Waals surface area contributed by atoms with Gasteiger partial charge >= 0.3 is 10.4 Å². The Kier molecular flexibility index (Phi) is 1.88. The van der Waals surface area contributed by atoms with E-state index in [2.05, 4.69) is 20.2 Å². The molecule has 0 bridgehead atoms. The number of rotatable bonds is 0. The Morgan fingerprint density at radius 3 is 1.73 bits per heavy atom. The van der Waals surface area contributed by atoms with Crippen LogP contribution in [0.5, 0.6) is 0 Å². The summed E-state index contributed by atoms with van der Waals surface area (Å²) in [5, 5.41) is 0. The summed E-state index contributed by atoms with van der Waals surface area (Å²) in [5.41, 5.74) is 0.